The second kappa shape index (κ2) is 11.0. The van der Waals surface area contributed by atoms with Crippen molar-refractivity contribution in [2.75, 3.05) is 14.2 Å². The topological polar surface area (TPSA) is 148 Å². The largest absolute Gasteiger partial charge is 0.494 e. The normalized spacial score (nSPS) is 14.5. The van der Waals surface area contributed by atoms with Gasteiger partial charge in [-0.15, -0.1) is 0 Å². The predicted molar refractivity (Wildman–Crippen MR) is 131 cm³/mol. The Kier molecular flexibility index (Phi) is 7.56. The third-order valence-electron chi connectivity index (χ3n) is 5.63. The van der Waals surface area contributed by atoms with Gasteiger partial charge in [0.1, 0.15) is 17.2 Å². The van der Waals surface area contributed by atoms with E-state index in [1.165, 1.54) is 38.4 Å². The number of pyridine rings is 1. The molecule has 192 valence electrons. The maximum absolute atomic E-state index is 13.6. The van der Waals surface area contributed by atoms with Crippen molar-refractivity contribution < 1.29 is 23.6 Å². The minimum atomic E-state index is -0.554. The van der Waals surface area contributed by atoms with Crippen LogP contribution in [0.15, 0.2) is 46.3 Å². The molecule has 0 aliphatic carbocycles. The summed E-state index contributed by atoms with van der Waals surface area (Å²) in [6.45, 7) is 1.79. The van der Waals surface area contributed by atoms with Crippen molar-refractivity contribution in [2.24, 2.45) is 5.16 Å². The van der Waals surface area contributed by atoms with Crippen LogP contribution in [0.2, 0.25) is 0 Å². The number of carbonyl (C=O) groups is 2. The Morgan fingerprint density at radius 3 is 2.78 bits per heavy atom. The van der Waals surface area contributed by atoms with E-state index in [1.807, 2.05) is 0 Å². The highest BCUT2D eigenvalue weighted by Gasteiger charge is 2.27. The first kappa shape index (κ1) is 25.5. The Hall–Kier alpha value is -4.61. The summed E-state index contributed by atoms with van der Waals surface area (Å²) in [5, 5.41) is 9.38. The standard InChI is InChI=1S/C25H25FN6O5/c1-13-29-18(10-20(30-13)25(35)28-12-14-4-5-17(26)22(6-14)36-3)19-11-21(37-32-19)15-7-16(9-23(33)27-2)31-24(34)8-15/h4-8,10,21H,9,11-12H2,1-3H3,(H,27,33)(H,28,35)(H,31,34). The van der Waals surface area contributed by atoms with Crippen LogP contribution in [0.25, 0.3) is 0 Å². The summed E-state index contributed by atoms with van der Waals surface area (Å²) in [5.41, 5.74) is 2.35. The zero-order valence-corrected chi connectivity index (χ0v) is 20.4. The highest BCUT2D eigenvalue weighted by molar-refractivity contribution is 6.02. The van der Waals surface area contributed by atoms with Crippen molar-refractivity contribution in [3.05, 3.63) is 86.6 Å². The van der Waals surface area contributed by atoms with Crippen LogP contribution in [0.3, 0.4) is 0 Å². The summed E-state index contributed by atoms with van der Waals surface area (Å²) in [6, 6.07) is 8.91. The lowest BCUT2D eigenvalue weighted by Gasteiger charge is -2.10. The molecule has 4 rings (SSSR count). The van der Waals surface area contributed by atoms with Crippen molar-refractivity contribution in [3.8, 4) is 5.75 Å². The van der Waals surface area contributed by atoms with Crippen LogP contribution >= 0.6 is 0 Å². The highest BCUT2D eigenvalue weighted by atomic mass is 19.1. The first-order valence-electron chi connectivity index (χ1n) is 11.4. The molecule has 0 radical (unpaired) electrons. The zero-order valence-electron chi connectivity index (χ0n) is 20.4. The number of benzene rings is 1. The van der Waals surface area contributed by atoms with Crippen LogP contribution in [0.1, 0.15) is 51.4 Å². The van der Waals surface area contributed by atoms with Crippen LogP contribution in [0.4, 0.5) is 4.39 Å². The number of carbonyl (C=O) groups excluding carboxylic acids is 2. The number of amides is 2. The molecule has 1 aliphatic heterocycles. The van der Waals surface area contributed by atoms with Gasteiger partial charge in [-0.1, -0.05) is 11.2 Å². The lowest BCUT2D eigenvalue weighted by atomic mass is 10.0. The molecule has 1 unspecified atom stereocenters. The van der Waals surface area contributed by atoms with Gasteiger partial charge in [-0.2, -0.15) is 0 Å². The number of nitrogens with one attached hydrogen (secondary N) is 3. The minimum Gasteiger partial charge on any atom is -0.494 e. The van der Waals surface area contributed by atoms with E-state index in [1.54, 1.807) is 19.1 Å². The number of rotatable bonds is 8. The number of likely N-dealkylation sites (N-methyl/N-ethyl adjacent to an activating group) is 1. The van der Waals surface area contributed by atoms with Crippen molar-refractivity contribution in [2.45, 2.75) is 32.4 Å². The Morgan fingerprint density at radius 2 is 2.03 bits per heavy atom. The third-order valence-corrected chi connectivity index (χ3v) is 5.63. The van der Waals surface area contributed by atoms with Crippen LogP contribution in [-0.2, 0) is 22.6 Å². The van der Waals surface area contributed by atoms with E-state index < -0.39 is 17.8 Å². The molecule has 11 nitrogen and oxygen atoms in total. The van der Waals surface area contributed by atoms with Crippen molar-refractivity contribution in [1.29, 1.82) is 0 Å². The zero-order chi connectivity index (χ0) is 26.5. The first-order chi connectivity index (χ1) is 17.7. The Morgan fingerprint density at radius 1 is 1.22 bits per heavy atom. The molecule has 1 atom stereocenters. The highest BCUT2D eigenvalue weighted by Crippen LogP contribution is 2.29. The van der Waals surface area contributed by atoms with E-state index >= 15 is 0 Å². The number of nitrogens with zero attached hydrogens (tertiary/aromatic N) is 3. The van der Waals surface area contributed by atoms with Crippen molar-refractivity contribution in [1.82, 2.24) is 25.6 Å². The molecule has 0 saturated heterocycles. The molecule has 12 heteroatoms. The number of aromatic nitrogens is 3. The van der Waals surface area contributed by atoms with Gasteiger partial charge in [-0.25, -0.2) is 14.4 Å². The second-order valence-corrected chi connectivity index (χ2v) is 8.33. The molecule has 0 fully saturated rings. The summed E-state index contributed by atoms with van der Waals surface area (Å²) in [7, 11) is 2.88. The average Bonchev–Trinajstić information content (AvgIpc) is 3.38. The molecule has 1 aliphatic rings. The van der Waals surface area contributed by atoms with Crippen molar-refractivity contribution in [3.63, 3.8) is 0 Å². The number of aromatic amines is 1. The number of halogens is 1. The SMILES string of the molecule is CNC(=O)Cc1cc(C2CC(c3cc(C(=O)NCc4ccc(F)c(OC)c4)nc(C)n3)=NO2)cc(=O)[nH]1. The quantitative estimate of drug-likeness (QED) is 0.420. The van der Waals surface area contributed by atoms with Gasteiger partial charge in [0.05, 0.1) is 19.2 Å². The van der Waals surface area contributed by atoms with Gasteiger partial charge < -0.3 is 25.2 Å². The fourth-order valence-electron chi connectivity index (χ4n) is 3.79. The second-order valence-electron chi connectivity index (χ2n) is 8.33. The number of aryl methyl sites for hydroxylation is 1. The lowest BCUT2D eigenvalue weighted by Crippen LogP contribution is -2.25. The van der Waals surface area contributed by atoms with Gasteiger partial charge in [0, 0.05) is 37.3 Å². The number of methoxy groups -OCH3 is 1. The minimum absolute atomic E-state index is 0.0221. The average molecular weight is 509 g/mol. The number of H-pyrrole nitrogens is 1. The number of oxime groups is 1. The molecule has 0 saturated carbocycles. The molecule has 2 amide bonds. The van der Waals surface area contributed by atoms with Gasteiger partial charge in [0.15, 0.2) is 17.7 Å². The van der Waals surface area contributed by atoms with E-state index in [2.05, 4.69) is 30.7 Å². The molecule has 0 spiro atoms. The molecule has 0 bridgehead atoms. The maximum atomic E-state index is 13.6. The molecule has 37 heavy (non-hydrogen) atoms. The monoisotopic (exact) mass is 508 g/mol. The smallest absolute Gasteiger partial charge is 0.270 e. The van der Waals surface area contributed by atoms with Gasteiger partial charge in [0.25, 0.3) is 5.91 Å². The third kappa shape index (κ3) is 6.15. The van der Waals surface area contributed by atoms with Crippen LogP contribution in [-0.4, -0.2) is 46.6 Å². The number of hydrogen-bond acceptors (Lipinski definition) is 8. The molecule has 3 N–H and O–H groups in total. The van der Waals surface area contributed by atoms with Crippen LogP contribution in [0.5, 0.6) is 5.75 Å². The fraction of sp³-hybridized carbons (Fsp3) is 0.280. The fourth-order valence-corrected chi connectivity index (χ4v) is 3.79. The van der Waals surface area contributed by atoms with Gasteiger partial charge >= 0.3 is 0 Å². The van der Waals surface area contributed by atoms with Crippen molar-refractivity contribution >= 4 is 17.5 Å². The maximum Gasteiger partial charge on any atom is 0.270 e. The van der Waals surface area contributed by atoms with E-state index in [-0.39, 0.29) is 35.9 Å². The van der Waals surface area contributed by atoms with E-state index in [0.717, 1.165) is 0 Å². The predicted octanol–water partition coefficient (Wildman–Crippen LogP) is 1.71. The molecule has 3 aromatic rings. The molecule has 1 aromatic carbocycles. The summed E-state index contributed by atoms with van der Waals surface area (Å²) < 4.78 is 18.6. The van der Waals surface area contributed by atoms with E-state index in [9.17, 15) is 18.8 Å². The molecule has 3 heterocycles. The molecular weight excluding hydrogens is 483 g/mol. The first-order valence-corrected chi connectivity index (χ1v) is 11.4. The molecule has 2 aromatic heterocycles. The summed E-state index contributed by atoms with van der Waals surface area (Å²) in [4.78, 5) is 53.4. The number of ether oxygens (including phenoxy) is 1. The summed E-state index contributed by atoms with van der Waals surface area (Å²) in [6.07, 6.45) is -0.230. The van der Waals surface area contributed by atoms with Crippen LogP contribution in [0, 0.1) is 12.7 Å². The summed E-state index contributed by atoms with van der Waals surface area (Å²) in [5.74, 6) is -0.727. The van der Waals surface area contributed by atoms with E-state index in [4.69, 9.17) is 9.57 Å². The number of hydrogen-bond donors (Lipinski definition) is 3. The molecular formula is C25H25FN6O5. The van der Waals surface area contributed by atoms with Gasteiger partial charge in [-0.3, -0.25) is 14.4 Å². The Bertz CT molecular complexity index is 1440. The van der Waals surface area contributed by atoms with E-state index in [0.29, 0.717) is 40.5 Å². The lowest BCUT2D eigenvalue weighted by molar-refractivity contribution is -0.120. The van der Waals surface area contributed by atoms with Gasteiger partial charge in [-0.05, 0) is 36.8 Å². The van der Waals surface area contributed by atoms with Gasteiger partial charge in [0.2, 0.25) is 11.5 Å². The summed E-state index contributed by atoms with van der Waals surface area (Å²) >= 11 is 0. The Balaban J connectivity index is 1.46. The Labute approximate surface area is 211 Å². The van der Waals surface area contributed by atoms with Crippen LogP contribution < -0.4 is 20.9 Å².